The molecular weight excluding hydrogens is 442 g/mol. The maximum atomic E-state index is 12.8. The summed E-state index contributed by atoms with van der Waals surface area (Å²) in [5, 5.41) is 12.9. The largest absolute Gasteiger partial charge is 0.497 e. The molecule has 0 unspecified atom stereocenters. The summed E-state index contributed by atoms with van der Waals surface area (Å²) in [6.45, 7) is 5.97. The monoisotopic (exact) mass is 467 g/mol. The number of benzene rings is 2. The molecule has 1 amide bonds. The predicted octanol–water partition coefficient (Wildman–Crippen LogP) is 4.12. The third-order valence-corrected chi connectivity index (χ3v) is 5.75. The number of hydrogen-bond donors (Lipinski definition) is 1. The quantitative estimate of drug-likeness (QED) is 0.403. The van der Waals surface area contributed by atoms with Crippen molar-refractivity contribution in [1.29, 1.82) is 0 Å². The average Bonchev–Trinajstić information content (AvgIpc) is 3.42. The van der Waals surface area contributed by atoms with Crippen LogP contribution in [0.3, 0.4) is 0 Å². The molecule has 0 aliphatic rings. The van der Waals surface area contributed by atoms with Gasteiger partial charge < -0.3 is 10.1 Å². The highest BCUT2D eigenvalue weighted by Gasteiger charge is 2.18. The van der Waals surface area contributed by atoms with E-state index in [4.69, 9.17) is 4.74 Å². The number of hydrogen-bond acceptors (Lipinski definition) is 6. The molecular formula is C26H25N7O2. The fourth-order valence-electron chi connectivity index (χ4n) is 4.09. The van der Waals surface area contributed by atoms with Gasteiger partial charge in [0, 0.05) is 6.07 Å². The van der Waals surface area contributed by atoms with Crippen molar-refractivity contribution in [3.63, 3.8) is 0 Å². The first-order chi connectivity index (χ1) is 16.9. The molecule has 0 aliphatic heterocycles. The van der Waals surface area contributed by atoms with E-state index in [0.717, 1.165) is 33.6 Å². The highest BCUT2D eigenvalue weighted by molar-refractivity contribution is 5.92. The van der Waals surface area contributed by atoms with Crippen LogP contribution in [0.4, 0.5) is 5.82 Å². The fourth-order valence-corrected chi connectivity index (χ4v) is 4.09. The number of carbonyl (C=O) groups excluding carboxylic acids is 1. The van der Waals surface area contributed by atoms with Gasteiger partial charge in [-0.1, -0.05) is 29.8 Å². The molecule has 1 N–H and O–H groups in total. The van der Waals surface area contributed by atoms with Gasteiger partial charge in [-0.3, -0.25) is 4.79 Å². The van der Waals surface area contributed by atoms with Crippen LogP contribution < -0.4 is 10.1 Å². The molecule has 0 bridgehead atoms. The Morgan fingerprint density at radius 1 is 1.00 bits per heavy atom. The molecule has 0 aliphatic carbocycles. The van der Waals surface area contributed by atoms with Crippen molar-refractivity contribution in [1.82, 2.24) is 29.5 Å². The number of nitrogens with zero attached hydrogens (tertiary/aromatic N) is 6. The first-order valence-electron chi connectivity index (χ1n) is 11.2. The summed E-state index contributed by atoms with van der Waals surface area (Å²) >= 11 is 0. The fraction of sp³-hybridized carbons (Fsp3) is 0.192. The van der Waals surface area contributed by atoms with Crippen molar-refractivity contribution in [3.05, 3.63) is 83.4 Å². The Morgan fingerprint density at radius 2 is 1.80 bits per heavy atom. The molecule has 5 aromatic rings. The number of rotatable bonds is 6. The van der Waals surface area contributed by atoms with Crippen LogP contribution >= 0.6 is 0 Å². The lowest BCUT2D eigenvalue weighted by molar-refractivity contribution is -0.115. The molecule has 0 radical (unpaired) electrons. The van der Waals surface area contributed by atoms with Crippen LogP contribution in [0.5, 0.6) is 5.75 Å². The van der Waals surface area contributed by atoms with Gasteiger partial charge in [-0.05, 0) is 50.1 Å². The summed E-state index contributed by atoms with van der Waals surface area (Å²) in [4.78, 5) is 21.8. The summed E-state index contributed by atoms with van der Waals surface area (Å²) in [7, 11) is 1.61. The zero-order chi connectivity index (χ0) is 24.5. The number of fused-ring (bicyclic) bond motifs is 1. The second-order valence-corrected chi connectivity index (χ2v) is 8.44. The number of aromatic nitrogens is 6. The average molecular weight is 468 g/mol. The molecule has 3 heterocycles. The van der Waals surface area contributed by atoms with Crippen molar-refractivity contribution in [3.8, 4) is 17.3 Å². The molecule has 0 fully saturated rings. The summed E-state index contributed by atoms with van der Waals surface area (Å²) in [5.74, 6) is 1.66. The van der Waals surface area contributed by atoms with E-state index < -0.39 is 0 Å². The zero-order valence-electron chi connectivity index (χ0n) is 20.0. The number of carbonyl (C=O) groups is 1. The lowest BCUT2D eigenvalue weighted by atomic mass is 10.1. The van der Waals surface area contributed by atoms with Crippen molar-refractivity contribution in [2.24, 2.45) is 0 Å². The second-order valence-electron chi connectivity index (χ2n) is 8.44. The third-order valence-electron chi connectivity index (χ3n) is 5.75. The number of aryl methyl sites for hydroxylation is 3. The van der Waals surface area contributed by atoms with Gasteiger partial charge in [-0.15, -0.1) is 0 Å². The predicted molar refractivity (Wildman–Crippen MR) is 133 cm³/mol. The Balaban J connectivity index is 1.48. The summed E-state index contributed by atoms with van der Waals surface area (Å²) in [6.07, 6.45) is 3.43. The SMILES string of the molecule is COc1ccc(CC(=O)Nc2cc(C)nn2-c2ncnc3c2cnn3-c2ccc(C)cc2C)cc1. The van der Waals surface area contributed by atoms with Crippen LogP contribution in [0.25, 0.3) is 22.5 Å². The first kappa shape index (κ1) is 22.3. The van der Waals surface area contributed by atoms with Gasteiger partial charge in [-0.25, -0.2) is 14.6 Å². The Bertz CT molecular complexity index is 1530. The van der Waals surface area contributed by atoms with E-state index in [-0.39, 0.29) is 12.3 Å². The van der Waals surface area contributed by atoms with Gasteiger partial charge in [-0.2, -0.15) is 14.9 Å². The molecule has 0 atom stereocenters. The maximum absolute atomic E-state index is 12.8. The Morgan fingerprint density at radius 3 is 2.54 bits per heavy atom. The highest BCUT2D eigenvalue weighted by atomic mass is 16.5. The van der Waals surface area contributed by atoms with Crippen LogP contribution in [0, 0.1) is 20.8 Å². The van der Waals surface area contributed by atoms with Crippen LogP contribution in [-0.4, -0.2) is 42.5 Å². The van der Waals surface area contributed by atoms with E-state index in [9.17, 15) is 4.79 Å². The Labute approximate surface area is 202 Å². The van der Waals surface area contributed by atoms with E-state index in [1.807, 2.05) is 56.3 Å². The Kier molecular flexibility index (Phi) is 5.74. The van der Waals surface area contributed by atoms with Crippen LogP contribution in [0.1, 0.15) is 22.4 Å². The van der Waals surface area contributed by atoms with E-state index in [1.165, 1.54) is 11.9 Å². The highest BCUT2D eigenvalue weighted by Crippen LogP contribution is 2.25. The van der Waals surface area contributed by atoms with Gasteiger partial charge in [0.2, 0.25) is 5.91 Å². The lowest BCUT2D eigenvalue weighted by Gasteiger charge is -2.10. The number of anilines is 1. The van der Waals surface area contributed by atoms with Crippen molar-refractivity contribution in [2.75, 3.05) is 12.4 Å². The van der Waals surface area contributed by atoms with Crippen molar-refractivity contribution < 1.29 is 9.53 Å². The molecule has 5 rings (SSSR count). The number of methoxy groups -OCH3 is 1. The van der Waals surface area contributed by atoms with Gasteiger partial charge in [0.1, 0.15) is 17.9 Å². The molecule has 0 saturated heterocycles. The topological polar surface area (TPSA) is 99.8 Å². The number of nitrogens with one attached hydrogen (secondary N) is 1. The van der Waals surface area contributed by atoms with Gasteiger partial charge in [0.15, 0.2) is 11.5 Å². The van der Waals surface area contributed by atoms with E-state index >= 15 is 0 Å². The van der Waals surface area contributed by atoms with Gasteiger partial charge in [0.05, 0.1) is 36.5 Å². The molecule has 2 aromatic carbocycles. The number of amides is 1. The molecule has 3 aromatic heterocycles. The molecule has 9 heteroatoms. The second kappa shape index (κ2) is 9.02. The van der Waals surface area contributed by atoms with E-state index in [0.29, 0.717) is 17.3 Å². The first-order valence-corrected chi connectivity index (χ1v) is 11.2. The summed E-state index contributed by atoms with van der Waals surface area (Å²) in [6, 6.07) is 15.4. The minimum Gasteiger partial charge on any atom is -0.497 e. The van der Waals surface area contributed by atoms with Crippen molar-refractivity contribution in [2.45, 2.75) is 27.2 Å². The van der Waals surface area contributed by atoms with Crippen LogP contribution in [0.15, 0.2) is 61.1 Å². The van der Waals surface area contributed by atoms with Gasteiger partial charge in [0.25, 0.3) is 0 Å². The standard InChI is InChI=1S/C26H25N7O2/c1-16-5-10-22(17(2)11-16)32-25-21(14-29-32)26(28-15-27-25)33-23(12-18(3)31-33)30-24(34)13-19-6-8-20(35-4)9-7-19/h5-12,14-15H,13H2,1-4H3,(H,30,34). The molecule has 0 spiro atoms. The zero-order valence-corrected chi connectivity index (χ0v) is 20.0. The minimum atomic E-state index is -0.160. The number of ether oxygens (including phenoxy) is 1. The minimum absolute atomic E-state index is 0.160. The molecule has 0 saturated carbocycles. The van der Waals surface area contributed by atoms with Crippen molar-refractivity contribution >= 4 is 22.8 Å². The van der Waals surface area contributed by atoms with E-state index in [2.05, 4.69) is 38.5 Å². The lowest BCUT2D eigenvalue weighted by Crippen LogP contribution is -2.17. The smallest absolute Gasteiger partial charge is 0.229 e. The van der Waals surface area contributed by atoms with E-state index in [1.54, 1.807) is 22.7 Å². The Hall–Kier alpha value is -4.53. The summed E-state index contributed by atoms with van der Waals surface area (Å²) in [5.41, 5.74) is 5.51. The maximum Gasteiger partial charge on any atom is 0.229 e. The molecule has 176 valence electrons. The molecule has 35 heavy (non-hydrogen) atoms. The summed E-state index contributed by atoms with van der Waals surface area (Å²) < 4.78 is 8.61. The molecule has 9 nitrogen and oxygen atoms in total. The van der Waals surface area contributed by atoms with Gasteiger partial charge >= 0.3 is 0 Å². The van der Waals surface area contributed by atoms with Crippen LogP contribution in [0.2, 0.25) is 0 Å². The normalized spacial score (nSPS) is 11.1. The third kappa shape index (κ3) is 4.35. The van der Waals surface area contributed by atoms with Crippen LogP contribution in [-0.2, 0) is 11.2 Å².